The van der Waals surface area contributed by atoms with E-state index in [1.807, 2.05) is 45.0 Å². The molecule has 0 aliphatic rings. The van der Waals surface area contributed by atoms with E-state index in [1.54, 1.807) is 0 Å². The van der Waals surface area contributed by atoms with E-state index in [-0.39, 0.29) is 12.0 Å². The number of hydrogen-bond donors (Lipinski definition) is 2. The van der Waals surface area contributed by atoms with Crippen LogP contribution in [-0.2, 0) is 4.79 Å². The third-order valence-electron chi connectivity index (χ3n) is 2.44. The van der Waals surface area contributed by atoms with Gasteiger partial charge >= 0.3 is 0 Å². The Morgan fingerprint density at radius 1 is 1.39 bits per heavy atom. The molecule has 0 aromatic heterocycles. The van der Waals surface area contributed by atoms with Crippen molar-refractivity contribution in [1.29, 1.82) is 0 Å². The molecule has 3 N–H and O–H groups in total. The van der Waals surface area contributed by atoms with Crippen LogP contribution in [0.15, 0.2) is 24.3 Å². The van der Waals surface area contributed by atoms with Crippen LogP contribution in [-0.4, -0.2) is 18.1 Å². The second-order valence-corrected chi connectivity index (χ2v) is 4.55. The monoisotopic (exact) mass is 250 g/mol. The van der Waals surface area contributed by atoms with Crippen LogP contribution < -0.4 is 15.8 Å². The summed E-state index contributed by atoms with van der Waals surface area (Å²) >= 11 is 0. The summed E-state index contributed by atoms with van der Waals surface area (Å²) in [5, 5.41) is 2.81. The first-order valence-electron chi connectivity index (χ1n) is 6.36. The van der Waals surface area contributed by atoms with Crippen LogP contribution in [0.25, 0.3) is 0 Å². The molecule has 1 atom stereocenters. The number of anilines is 1. The van der Waals surface area contributed by atoms with E-state index >= 15 is 0 Å². The van der Waals surface area contributed by atoms with Crippen LogP contribution in [0.5, 0.6) is 5.75 Å². The van der Waals surface area contributed by atoms with Gasteiger partial charge in [-0.15, -0.1) is 0 Å². The normalized spacial score (nSPS) is 12.3. The molecule has 0 spiro atoms. The van der Waals surface area contributed by atoms with Crippen molar-refractivity contribution < 1.29 is 9.53 Å². The van der Waals surface area contributed by atoms with Gasteiger partial charge in [-0.2, -0.15) is 0 Å². The summed E-state index contributed by atoms with van der Waals surface area (Å²) in [7, 11) is 0. The van der Waals surface area contributed by atoms with Gasteiger partial charge in [-0.05, 0) is 32.4 Å². The van der Waals surface area contributed by atoms with Crippen LogP contribution in [0.2, 0.25) is 0 Å². The molecule has 0 saturated heterocycles. The Bertz CT molecular complexity index is 391. The zero-order valence-corrected chi connectivity index (χ0v) is 11.3. The van der Waals surface area contributed by atoms with Gasteiger partial charge in [-0.3, -0.25) is 4.79 Å². The molecule has 1 amide bonds. The highest BCUT2D eigenvalue weighted by molar-refractivity contribution is 5.95. The van der Waals surface area contributed by atoms with Gasteiger partial charge in [0, 0.05) is 0 Å². The fourth-order valence-corrected chi connectivity index (χ4v) is 1.59. The fourth-order valence-electron chi connectivity index (χ4n) is 1.59. The first kappa shape index (κ1) is 14.5. The van der Waals surface area contributed by atoms with Gasteiger partial charge in [-0.25, -0.2) is 0 Å². The van der Waals surface area contributed by atoms with Gasteiger partial charge in [0.25, 0.3) is 0 Å². The maximum Gasteiger partial charge on any atom is 0.241 e. The highest BCUT2D eigenvalue weighted by atomic mass is 16.5. The van der Waals surface area contributed by atoms with Crippen molar-refractivity contribution in [2.75, 3.05) is 5.32 Å². The van der Waals surface area contributed by atoms with Crippen molar-refractivity contribution in [3.63, 3.8) is 0 Å². The van der Waals surface area contributed by atoms with E-state index < -0.39 is 6.04 Å². The molecular weight excluding hydrogens is 228 g/mol. The summed E-state index contributed by atoms with van der Waals surface area (Å²) in [6, 6.07) is 6.91. The maximum atomic E-state index is 11.8. The molecule has 1 rings (SSSR count). The number of nitrogens with one attached hydrogen (secondary N) is 1. The Morgan fingerprint density at radius 2 is 2.06 bits per heavy atom. The van der Waals surface area contributed by atoms with Crippen LogP contribution in [0.3, 0.4) is 0 Å². The van der Waals surface area contributed by atoms with Gasteiger partial charge in [0.05, 0.1) is 17.8 Å². The smallest absolute Gasteiger partial charge is 0.241 e. The average Bonchev–Trinajstić information content (AvgIpc) is 2.31. The summed E-state index contributed by atoms with van der Waals surface area (Å²) in [6.45, 7) is 5.89. The molecule has 0 aliphatic carbocycles. The van der Waals surface area contributed by atoms with Crippen molar-refractivity contribution in [3.05, 3.63) is 24.3 Å². The van der Waals surface area contributed by atoms with Crippen molar-refractivity contribution in [2.45, 2.75) is 45.8 Å². The molecular formula is C14H22N2O2. The number of ether oxygens (including phenoxy) is 1. The summed E-state index contributed by atoms with van der Waals surface area (Å²) < 4.78 is 5.63. The standard InChI is InChI=1S/C14H22N2O2/c1-4-7-11(15)14(17)16-12-8-5-6-9-13(12)18-10(2)3/h5-6,8-11H,4,7,15H2,1-3H3,(H,16,17)/t11-/m1/s1. The van der Waals surface area contributed by atoms with E-state index in [0.717, 1.165) is 6.42 Å². The Labute approximate surface area is 109 Å². The molecule has 0 bridgehead atoms. The lowest BCUT2D eigenvalue weighted by molar-refractivity contribution is -0.117. The van der Waals surface area contributed by atoms with Gasteiger partial charge in [0.15, 0.2) is 0 Å². The molecule has 0 fully saturated rings. The van der Waals surface area contributed by atoms with Gasteiger partial charge in [0.2, 0.25) is 5.91 Å². The molecule has 0 radical (unpaired) electrons. The summed E-state index contributed by atoms with van der Waals surface area (Å²) in [5.41, 5.74) is 6.44. The molecule has 1 aromatic carbocycles. The topological polar surface area (TPSA) is 64.4 Å². The molecule has 0 saturated carbocycles. The fraction of sp³-hybridized carbons (Fsp3) is 0.500. The molecule has 100 valence electrons. The van der Waals surface area contributed by atoms with E-state index in [1.165, 1.54) is 0 Å². The third-order valence-corrected chi connectivity index (χ3v) is 2.44. The largest absolute Gasteiger partial charge is 0.489 e. The molecule has 4 nitrogen and oxygen atoms in total. The minimum absolute atomic E-state index is 0.0624. The molecule has 0 heterocycles. The lowest BCUT2D eigenvalue weighted by Gasteiger charge is -2.16. The average molecular weight is 250 g/mol. The second kappa shape index (κ2) is 7.01. The lowest BCUT2D eigenvalue weighted by atomic mass is 10.1. The van der Waals surface area contributed by atoms with E-state index in [2.05, 4.69) is 5.32 Å². The highest BCUT2D eigenvalue weighted by Crippen LogP contribution is 2.24. The number of amides is 1. The molecule has 1 aromatic rings. The molecule has 18 heavy (non-hydrogen) atoms. The Hall–Kier alpha value is -1.55. The molecule has 4 heteroatoms. The zero-order valence-electron chi connectivity index (χ0n) is 11.3. The van der Waals surface area contributed by atoms with Crippen molar-refractivity contribution in [1.82, 2.24) is 0 Å². The predicted molar refractivity (Wildman–Crippen MR) is 73.7 cm³/mol. The van der Waals surface area contributed by atoms with Crippen molar-refractivity contribution in [2.24, 2.45) is 5.73 Å². The summed E-state index contributed by atoms with van der Waals surface area (Å²) in [5.74, 6) is 0.501. The zero-order chi connectivity index (χ0) is 13.5. The van der Waals surface area contributed by atoms with E-state index in [0.29, 0.717) is 17.9 Å². The van der Waals surface area contributed by atoms with Gasteiger partial charge in [0.1, 0.15) is 5.75 Å². The number of hydrogen-bond acceptors (Lipinski definition) is 3. The van der Waals surface area contributed by atoms with E-state index in [4.69, 9.17) is 10.5 Å². The number of benzene rings is 1. The maximum absolute atomic E-state index is 11.8. The summed E-state index contributed by atoms with van der Waals surface area (Å²) in [4.78, 5) is 11.8. The van der Waals surface area contributed by atoms with Crippen LogP contribution >= 0.6 is 0 Å². The first-order chi connectivity index (χ1) is 8.54. The third kappa shape index (κ3) is 4.37. The quantitative estimate of drug-likeness (QED) is 0.815. The van der Waals surface area contributed by atoms with Crippen LogP contribution in [0.4, 0.5) is 5.69 Å². The SMILES string of the molecule is CCC[C@@H](N)C(=O)Nc1ccccc1OC(C)C. The minimum Gasteiger partial charge on any atom is -0.489 e. The predicted octanol–water partition coefficient (Wildman–Crippen LogP) is 2.54. The van der Waals surface area contributed by atoms with Gasteiger partial charge in [-0.1, -0.05) is 25.5 Å². The highest BCUT2D eigenvalue weighted by Gasteiger charge is 2.14. The first-order valence-corrected chi connectivity index (χ1v) is 6.36. The van der Waals surface area contributed by atoms with E-state index in [9.17, 15) is 4.79 Å². The van der Waals surface area contributed by atoms with Gasteiger partial charge < -0.3 is 15.8 Å². The Kier molecular flexibility index (Phi) is 5.65. The van der Waals surface area contributed by atoms with Crippen molar-refractivity contribution in [3.8, 4) is 5.75 Å². The van der Waals surface area contributed by atoms with Crippen molar-refractivity contribution >= 4 is 11.6 Å². The number of carbonyl (C=O) groups is 1. The number of rotatable bonds is 6. The Morgan fingerprint density at radius 3 is 2.67 bits per heavy atom. The van der Waals surface area contributed by atoms with Crippen LogP contribution in [0.1, 0.15) is 33.6 Å². The second-order valence-electron chi connectivity index (χ2n) is 4.55. The number of carbonyl (C=O) groups excluding carboxylic acids is 1. The molecule has 0 aliphatic heterocycles. The number of para-hydroxylation sites is 2. The number of nitrogens with two attached hydrogens (primary N) is 1. The lowest BCUT2D eigenvalue weighted by Crippen LogP contribution is -2.35. The van der Waals surface area contributed by atoms with Crippen LogP contribution in [0, 0.1) is 0 Å². The molecule has 0 unspecified atom stereocenters. The Balaban J connectivity index is 2.74. The minimum atomic E-state index is -0.470. The summed E-state index contributed by atoms with van der Waals surface area (Å²) in [6.07, 6.45) is 1.63.